The molecule has 1 aliphatic rings. The summed E-state index contributed by atoms with van der Waals surface area (Å²) in [6.45, 7) is 2.09. The average Bonchev–Trinajstić information content (AvgIpc) is 2.90. The summed E-state index contributed by atoms with van der Waals surface area (Å²) in [5.41, 5.74) is 3.28. The number of rotatable bonds is 5. The van der Waals surface area contributed by atoms with Crippen LogP contribution < -0.4 is 14.8 Å². The second-order valence-corrected chi connectivity index (χ2v) is 5.21. The Balaban J connectivity index is 1.99. The van der Waals surface area contributed by atoms with Crippen LogP contribution in [0.2, 0.25) is 0 Å². The first-order valence-corrected chi connectivity index (χ1v) is 7.49. The predicted octanol–water partition coefficient (Wildman–Crippen LogP) is 3.55. The first-order valence-electron chi connectivity index (χ1n) is 7.49. The van der Waals surface area contributed by atoms with E-state index in [-0.39, 0.29) is 0 Å². The molecule has 0 bridgehead atoms. The van der Waals surface area contributed by atoms with Crippen LogP contribution in [-0.2, 0) is 11.2 Å². The lowest BCUT2D eigenvalue weighted by Crippen LogP contribution is -2.11. The van der Waals surface area contributed by atoms with Gasteiger partial charge in [0, 0.05) is 11.3 Å². The largest absolute Gasteiger partial charge is 0.493 e. The van der Waals surface area contributed by atoms with Crippen molar-refractivity contribution in [2.24, 2.45) is 0 Å². The summed E-state index contributed by atoms with van der Waals surface area (Å²) >= 11 is 0. The van der Waals surface area contributed by atoms with Crippen molar-refractivity contribution in [3.63, 3.8) is 0 Å². The molecule has 1 N–H and O–H groups in total. The number of carbonyl (C=O) groups is 1. The van der Waals surface area contributed by atoms with Gasteiger partial charge in [0.2, 0.25) is 6.23 Å². The Labute approximate surface area is 135 Å². The number of nitrogens with one attached hydrogen (secondary N) is 1. The molecule has 5 heteroatoms. The van der Waals surface area contributed by atoms with Gasteiger partial charge in [0.05, 0.1) is 14.2 Å². The number of esters is 1. The predicted molar refractivity (Wildman–Crippen MR) is 87.1 cm³/mol. The van der Waals surface area contributed by atoms with E-state index in [4.69, 9.17) is 14.2 Å². The Morgan fingerprint density at radius 1 is 1.13 bits per heavy atom. The fourth-order valence-corrected chi connectivity index (χ4v) is 2.82. The van der Waals surface area contributed by atoms with Crippen LogP contribution in [0.5, 0.6) is 11.5 Å². The van der Waals surface area contributed by atoms with Gasteiger partial charge in [0.1, 0.15) is 5.56 Å². The van der Waals surface area contributed by atoms with Crippen LogP contribution in [0.1, 0.15) is 34.6 Å². The highest BCUT2D eigenvalue weighted by atomic mass is 16.6. The van der Waals surface area contributed by atoms with E-state index < -0.39 is 12.2 Å². The molecule has 0 amide bonds. The van der Waals surface area contributed by atoms with E-state index in [1.54, 1.807) is 6.07 Å². The van der Waals surface area contributed by atoms with Gasteiger partial charge in [-0.1, -0.05) is 25.1 Å². The van der Waals surface area contributed by atoms with Crippen molar-refractivity contribution in [3.05, 3.63) is 53.1 Å². The van der Waals surface area contributed by atoms with Gasteiger partial charge in [-0.25, -0.2) is 4.79 Å². The number of ether oxygens (including phenoxy) is 3. The minimum Gasteiger partial charge on any atom is -0.493 e. The molecule has 0 aromatic heterocycles. The van der Waals surface area contributed by atoms with Gasteiger partial charge in [-0.05, 0) is 30.2 Å². The third-order valence-electron chi connectivity index (χ3n) is 3.97. The van der Waals surface area contributed by atoms with Gasteiger partial charge >= 0.3 is 5.97 Å². The molecular formula is C18H19NO4. The molecule has 2 aromatic rings. The van der Waals surface area contributed by atoms with Crippen LogP contribution in [-0.4, -0.2) is 20.2 Å². The lowest BCUT2D eigenvalue weighted by molar-refractivity contribution is 0.0435. The Bertz CT molecular complexity index is 742. The standard InChI is InChI=1S/C18H19NO4/c1-4-11-7-5-6-8-13(11)19-17-12-9-10-14(21-2)16(22-3)15(12)18(20)23-17/h5-10,17,19H,4H2,1-3H3. The average molecular weight is 313 g/mol. The summed E-state index contributed by atoms with van der Waals surface area (Å²) in [6, 6.07) is 11.6. The van der Waals surface area contributed by atoms with E-state index in [0.717, 1.165) is 23.2 Å². The molecule has 1 aliphatic heterocycles. The summed E-state index contributed by atoms with van der Waals surface area (Å²) in [4.78, 5) is 12.3. The highest BCUT2D eigenvalue weighted by Gasteiger charge is 2.36. The summed E-state index contributed by atoms with van der Waals surface area (Å²) < 4.78 is 16.1. The van der Waals surface area contributed by atoms with Crippen molar-refractivity contribution in [3.8, 4) is 11.5 Å². The van der Waals surface area contributed by atoms with Crippen LogP contribution in [0.15, 0.2) is 36.4 Å². The maximum absolute atomic E-state index is 12.3. The van der Waals surface area contributed by atoms with Gasteiger partial charge in [-0.15, -0.1) is 0 Å². The zero-order valence-electron chi connectivity index (χ0n) is 13.4. The molecule has 0 saturated heterocycles. The molecular weight excluding hydrogens is 294 g/mol. The van der Waals surface area contributed by atoms with Crippen LogP contribution >= 0.6 is 0 Å². The maximum Gasteiger partial charge on any atom is 0.344 e. The van der Waals surface area contributed by atoms with Gasteiger partial charge in [0.25, 0.3) is 0 Å². The van der Waals surface area contributed by atoms with Gasteiger partial charge in [0.15, 0.2) is 11.5 Å². The number of fused-ring (bicyclic) bond motifs is 1. The first kappa shape index (κ1) is 15.2. The Hall–Kier alpha value is -2.69. The molecule has 120 valence electrons. The summed E-state index contributed by atoms with van der Waals surface area (Å²) in [5.74, 6) is 0.503. The van der Waals surface area contributed by atoms with E-state index in [1.165, 1.54) is 14.2 Å². The highest BCUT2D eigenvalue weighted by molar-refractivity contribution is 5.98. The molecule has 0 saturated carbocycles. The van der Waals surface area contributed by atoms with Gasteiger partial charge < -0.3 is 19.5 Å². The van der Waals surface area contributed by atoms with Crippen LogP contribution in [0.3, 0.4) is 0 Å². The van der Waals surface area contributed by atoms with Gasteiger partial charge in [-0.3, -0.25) is 0 Å². The molecule has 0 fully saturated rings. The molecule has 23 heavy (non-hydrogen) atoms. The fraction of sp³-hybridized carbons (Fsp3) is 0.278. The molecule has 2 aromatic carbocycles. The van der Waals surface area contributed by atoms with Crippen LogP contribution in [0.4, 0.5) is 5.69 Å². The van der Waals surface area contributed by atoms with Crippen molar-refractivity contribution in [1.29, 1.82) is 0 Å². The lowest BCUT2D eigenvalue weighted by Gasteiger charge is -2.17. The Kier molecular flexibility index (Phi) is 4.10. The molecule has 0 spiro atoms. The van der Waals surface area contributed by atoms with Crippen molar-refractivity contribution in [2.75, 3.05) is 19.5 Å². The summed E-state index contributed by atoms with van der Waals surface area (Å²) in [6.07, 6.45) is 0.354. The van der Waals surface area contributed by atoms with E-state index >= 15 is 0 Å². The number of methoxy groups -OCH3 is 2. The van der Waals surface area contributed by atoms with E-state index in [1.807, 2.05) is 24.3 Å². The molecule has 1 atom stereocenters. The third-order valence-corrected chi connectivity index (χ3v) is 3.97. The molecule has 1 heterocycles. The van der Waals surface area contributed by atoms with Crippen LogP contribution in [0, 0.1) is 0 Å². The quantitative estimate of drug-likeness (QED) is 0.856. The zero-order valence-corrected chi connectivity index (χ0v) is 13.4. The van der Waals surface area contributed by atoms with Crippen molar-refractivity contribution in [1.82, 2.24) is 0 Å². The first-order chi connectivity index (χ1) is 11.2. The second kappa shape index (κ2) is 6.20. The van der Waals surface area contributed by atoms with E-state index in [9.17, 15) is 4.79 Å². The van der Waals surface area contributed by atoms with Crippen molar-refractivity contribution >= 4 is 11.7 Å². The number of carbonyl (C=O) groups excluding carboxylic acids is 1. The van der Waals surface area contributed by atoms with Crippen LogP contribution in [0.25, 0.3) is 0 Å². The van der Waals surface area contributed by atoms with Gasteiger partial charge in [-0.2, -0.15) is 0 Å². The smallest absolute Gasteiger partial charge is 0.344 e. The number of cyclic esters (lactones) is 1. The summed E-state index contributed by atoms with van der Waals surface area (Å²) in [5, 5.41) is 3.30. The molecule has 0 radical (unpaired) electrons. The number of hydrogen-bond acceptors (Lipinski definition) is 5. The number of aryl methyl sites for hydroxylation is 1. The Morgan fingerprint density at radius 3 is 2.61 bits per heavy atom. The number of benzene rings is 2. The number of para-hydroxylation sites is 1. The molecule has 3 rings (SSSR count). The minimum atomic E-state index is -0.537. The number of anilines is 1. The topological polar surface area (TPSA) is 56.8 Å². The third kappa shape index (κ3) is 2.59. The van der Waals surface area contributed by atoms with E-state index in [0.29, 0.717) is 17.1 Å². The molecule has 1 unspecified atom stereocenters. The number of hydrogen-bond donors (Lipinski definition) is 1. The summed E-state index contributed by atoms with van der Waals surface area (Å²) in [7, 11) is 3.05. The molecule has 5 nitrogen and oxygen atoms in total. The highest BCUT2D eigenvalue weighted by Crippen LogP contribution is 2.42. The minimum absolute atomic E-state index is 0.406. The Morgan fingerprint density at radius 2 is 1.91 bits per heavy atom. The molecule has 0 aliphatic carbocycles. The van der Waals surface area contributed by atoms with E-state index in [2.05, 4.69) is 18.3 Å². The zero-order chi connectivity index (χ0) is 16.4. The normalized spacial score (nSPS) is 15.8. The SMILES string of the molecule is CCc1ccccc1NC1OC(=O)c2c1ccc(OC)c2OC. The van der Waals surface area contributed by atoms with Crippen molar-refractivity contribution in [2.45, 2.75) is 19.6 Å². The second-order valence-electron chi connectivity index (χ2n) is 5.21. The maximum atomic E-state index is 12.3. The fourth-order valence-electron chi connectivity index (χ4n) is 2.82. The lowest BCUT2D eigenvalue weighted by atomic mass is 10.1. The van der Waals surface area contributed by atoms with Crippen molar-refractivity contribution < 1.29 is 19.0 Å². The monoisotopic (exact) mass is 313 g/mol.